The van der Waals surface area contributed by atoms with E-state index in [1.807, 2.05) is 4.68 Å². The summed E-state index contributed by atoms with van der Waals surface area (Å²) in [6.45, 7) is 1.79. The molecule has 1 aromatic rings. The van der Waals surface area contributed by atoms with Gasteiger partial charge < -0.3 is 4.74 Å². The molecule has 1 aromatic heterocycles. The number of aromatic nitrogens is 2. The maximum atomic E-state index is 10.4. The molecular formula is C11H16N2O2. The Morgan fingerprint density at radius 2 is 2.60 bits per heavy atom. The molecule has 2 heterocycles. The molecule has 0 spiro atoms. The fourth-order valence-electron chi connectivity index (χ4n) is 1.92. The highest BCUT2D eigenvalue weighted by Gasteiger charge is 2.14. The van der Waals surface area contributed by atoms with Crippen molar-refractivity contribution >= 4 is 6.29 Å². The zero-order valence-electron chi connectivity index (χ0n) is 8.76. The normalized spacial score (nSPS) is 20.7. The van der Waals surface area contributed by atoms with E-state index < -0.39 is 0 Å². The monoisotopic (exact) mass is 208 g/mol. The zero-order chi connectivity index (χ0) is 10.5. The van der Waals surface area contributed by atoms with E-state index in [1.54, 1.807) is 12.4 Å². The van der Waals surface area contributed by atoms with Crippen molar-refractivity contribution in [3.05, 3.63) is 18.0 Å². The summed E-state index contributed by atoms with van der Waals surface area (Å²) in [5.41, 5.74) is 0.645. The number of aldehydes is 1. The number of carbonyl (C=O) groups excluding carboxylic acids is 1. The van der Waals surface area contributed by atoms with Crippen LogP contribution in [0, 0.1) is 0 Å². The van der Waals surface area contributed by atoms with Crippen LogP contribution < -0.4 is 0 Å². The third kappa shape index (κ3) is 2.89. The highest BCUT2D eigenvalue weighted by atomic mass is 16.5. The van der Waals surface area contributed by atoms with E-state index in [0.29, 0.717) is 11.7 Å². The van der Waals surface area contributed by atoms with Crippen molar-refractivity contribution in [1.29, 1.82) is 0 Å². The molecule has 0 saturated carbocycles. The molecule has 2 rings (SSSR count). The average molecular weight is 208 g/mol. The van der Waals surface area contributed by atoms with Crippen LogP contribution in [0.2, 0.25) is 0 Å². The molecule has 15 heavy (non-hydrogen) atoms. The first kappa shape index (κ1) is 10.4. The van der Waals surface area contributed by atoms with Crippen LogP contribution in [0.15, 0.2) is 12.4 Å². The maximum absolute atomic E-state index is 10.4. The Labute approximate surface area is 89.2 Å². The lowest BCUT2D eigenvalue weighted by Gasteiger charge is -2.08. The number of hydrogen-bond acceptors (Lipinski definition) is 3. The largest absolute Gasteiger partial charge is 0.378 e. The maximum Gasteiger partial charge on any atom is 0.153 e. The van der Waals surface area contributed by atoms with Gasteiger partial charge in [0.25, 0.3) is 0 Å². The van der Waals surface area contributed by atoms with Gasteiger partial charge >= 0.3 is 0 Å². The molecule has 1 unspecified atom stereocenters. The van der Waals surface area contributed by atoms with Crippen molar-refractivity contribution in [1.82, 2.24) is 9.78 Å². The molecule has 82 valence electrons. The van der Waals surface area contributed by atoms with Crippen molar-refractivity contribution in [2.45, 2.75) is 38.3 Å². The summed E-state index contributed by atoms with van der Waals surface area (Å²) in [6.07, 6.45) is 9.19. The van der Waals surface area contributed by atoms with E-state index >= 15 is 0 Å². The fourth-order valence-corrected chi connectivity index (χ4v) is 1.92. The van der Waals surface area contributed by atoms with Crippen LogP contribution >= 0.6 is 0 Å². The topological polar surface area (TPSA) is 44.1 Å². The second-order valence-corrected chi connectivity index (χ2v) is 3.93. The highest BCUT2D eigenvalue weighted by molar-refractivity contribution is 5.73. The number of carbonyl (C=O) groups is 1. The van der Waals surface area contributed by atoms with Gasteiger partial charge in [0.15, 0.2) is 6.29 Å². The van der Waals surface area contributed by atoms with Crippen LogP contribution in [0.3, 0.4) is 0 Å². The molecule has 1 aliphatic heterocycles. The Morgan fingerprint density at radius 3 is 3.27 bits per heavy atom. The fraction of sp³-hybridized carbons (Fsp3) is 0.636. The Morgan fingerprint density at radius 1 is 1.67 bits per heavy atom. The van der Waals surface area contributed by atoms with Crippen LogP contribution in [-0.4, -0.2) is 28.8 Å². The molecule has 0 bridgehead atoms. The second-order valence-electron chi connectivity index (χ2n) is 3.93. The van der Waals surface area contributed by atoms with E-state index in [9.17, 15) is 4.79 Å². The van der Waals surface area contributed by atoms with Gasteiger partial charge in [-0.05, 0) is 25.7 Å². The number of aryl methyl sites for hydroxylation is 1. The van der Waals surface area contributed by atoms with Gasteiger partial charge in [0.2, 0.25) is 0 Å². The minimum Gasteiger partial charge on any atom is -0.378 e. The van der Waals surface area contributed by atoms with Crippen molar-refractivity contribution in [2.75, 3.05) is 6.61 Å². The van der Waals surface area contributed by atoms with Crippen molar-refractivity contribution in [3.63, 3.8) is 0 Å². The van der Waals surface area contributed by atoms with Crippen LogP contribution in [0.25, 0.3) is 0 Å². The molecule has 0 N–H and O–H groups in total. The lowest BCUT2D eigenvalue weighted by atomic mass is 10.1. The summed E-state index contributed by atoms with van der Waals surface area (Å²) in [5, 5.41) is 4.10. The van der Waals surface area contributed by atoms with Crippen molar-refractivity contribution in [3.8, 4) is 0 Å². The summed E-state index contributed by atoms with van der Waals surface area (Å²) in [4.78, 5) is 10.4. The quantitative estimate of drug-likeness (QED) is 0.691. The minimum atomic E-state index is 0.450. The molecule has 0 radical (unpaired) electrons. The van der Waals surface area contributed by atoms with Gasteiger partial charge in [-0.15, -0.1) is 0 Å². The standard InChI is InChI=1S/C11H16N2O2/c14-9-10-7-12-13(8-10)5-1-3-11-4-2-6-15-11/h7-9,11H,1-6H2. The average Bonchev–Trinajstić information content (AvgIpc) is 2.88. The SMILES string of the molecule is O=Cc1cnn(CCCC2CCCO2)c1. The first-order chi connectivity index (χ1) is 7.38. The first-order valence-electron chi connectivity index (χ1n) is 5.48. The van der Waals surface area contributed by atoms with Gasteiger partial charge in [0.05, 0.1) is 17.9 Å². The number of hydrogen-bond donors (Lipinski definition) is 0. The highest BCUT2D eigenvalue weighted by Crippen LogP contribution is 2.16. The van der Waals surface area contributed by atoms with E-state index in [1.165, 1.54) is 12.8 Å². The van der Waals surface area contributed by atoms with Gasteiger partial charge in [-0.25, -0.2) is 0 Å². The Hall–Kier alpha value is -1.16. The number of nitrogens with zero attached hydrogens (tertiary/aromatic N) is 2. The van der Waals surface area contributed by atoms with Crippen LogP contribution in [0.5, 0.6) is 0 Å². The van der Waals surface area contributed by atoms with Crippen LogP contribution in [0.1, 0.15) is 36.0 Å². The molecule has 0 amide bonds. The van der Waals surface area contributed by atoms with Gasteiger partial charge in [0.1, 0.15) is 0 Å². The van der Waals surface area contributed by atoms with Crippen LogP contribution in [0.4, 0.5) is 0 Å². The lowest BCUT2D eigenvalue weighted by molar-refractivity contribution is 0.101. The Kier molecular flexibility index (Phi) is 3.50. The molecule has 0 aliphatic carbocycles. The smallest absolute Gasteiger partial charge is 0.153 e. The molecular weight excluding hydrogens is 192 g/mol. The summed E-state index contributed by atoms with van der Waals surface area (Å²) in [7, 11) is 0. The molecule has 1 fully saturated rings. The molecule has 1 aliphatic rings. The second kappa shape index (κ2) is 5.07. The van der Waals surface area contributed by atoms with Crippen molar-refractivity contribution in [2.24, 2.45) is 0 Å². The van der Waals surface area contributed by atoms with E-state index in [0.717, 1.165) is 32.3 Å². The molecule has 1 saturated heterocycles. The van der Waals surface area contributed by atoms with E-state index in [4.69, 9.17) is 4.74 Å². The van der Waals surface area contributed by atoms with Crippen molar-refractivity contribution < 1.29 is 9.53 Å². The molecule has 4 heteroatoms. The van der Waals surface area contributed by atoms with Gasteiger partial charge in [-0.2, -0.15) is 5.10 Å². The van der Waals surface area contributed by atoms with Crippen LogP contribution in [-0.2, 0) is 11.3 Å². The zero-order valence-corrected chi connectivity index (χ0v) is 8.76. The summed E-state index contributed by atoms with van der Waals surface area (Å²) in [6, 6.07) is 0. The third-order valence-electron chi connectivity index (χ3n) is 2.73. The Balaban J connectivity index is 1.70. The van der Waals surface area contributed by atoms with Gasteiger partial charge in [-0.3, -0.25) is 9.48 Å². The number of ether oxygens (including phenoxy) is 1. The predicted octanol–water partition coefficient (Wildman–Crippen LogP) is 1.65. The summed E-state index contributed by atoms with van der Waals surface area (Å²) in [5.74, 6) is 0. The van der Waals surface area contributed by atoms with Gasteiger partial charge in [0, 0.05) is 19.3 Å². The minimum absolute atomic E-state index is 0.450. The van der Waals surface area contributed by atoms with E-state index in [2.05, 4.69) is 5.10 Å². The molecule has 0 aromatic carbocycles. The first-order valence-corrected chi connectivity index (χ1v) is 5.48. The summed E-state index contributed by atoms with van der Waals surface area (Å²) < 4.78 is 7.35. The van der Waals surface area contributed by atoms with E-state index in [-0.39, 0.29) is 0 Å². The number of rotatable bonds is 5. The summed E-state index contributed by atoms with van der Waals surface area (Å²) >= 11 is 0. The molecule has 1 atom stereocenters. The lowest BCUT2D eigenvalue weighted by Crippen LogP contribution is -2.07. The van der Waals surface area contributed by atoms with Gasteiger partial charge in [-0.1, -0.05) is 0 Å². The predicted molar refractivity (Wildman–Crippen MR) is 55.8 cm³/mol. The Bertz CT molecular complexity index is 316. The molecule has 4 nitrogen and oxygen atoms in total. The third-order valence-corrected chi connectivity index (χ3v) is 2.73.